The van der Waals surface area contributed by atoms with Gasteiger partial charge in [-0.2, -0.15) is 0 Å². The summed E-state index contributed by atoms with van der Waals surface area (Å²) in [6, 6.07) is 0. The Balaban J connectivity index is 2.91. The van der Waals surface area contributed by atoms with Gasteiger partial charge >= 0.3 is 0 Å². The fraction of sp³-hybridized carbons (Fsp3) is 0.333. The third kappa shape index (κ3) is 0.494. The van der Waals surface area contributed by atoms with Crippen LogP contribution in [0.2, 0.25) is 0 Å². The number of aromatic amines is 1. The van der Waals surface area contributed by atoms with Crippen molar-refractivity contribution in [2.75, 3.05) is 0 Å². The molecule has 0 aliphatic rings. The van der Waals surface area contributed by atoms with Crippen LogP contribution in [0.5, 0.6) is 0 Å². The van der Waals surface area contributed by atoms with Crippen molar-refractivity contribution in [3.63, 3.8) is 0 Å². The highest BCUT2D eigenvalue weighted by Crippen LogP contribution is 2.05. The molecule has 0 aliphatic carbocycles. The van der Waals surface area contributed by atoms with Crippen LogP contribution in [0.4, 0.5) is 0 Å². The van der Waals surface area contributed by atoms with E-state index >= 15 is 0 Å². The summed E-state index contributed by atoms with van der Waals surface area (Å²) in [4.78, 5) is 0. The van der Waals surface area contributed by atoms with Gasteiger partial charge in [0.2, 0.25) is 0 Å². The van der Waals surface area contributed by atoms with E-state index in [1.165, 1.54) is 5.69 Å². The van der Waals surface area contributed by atoms with Crippen molar-refractivity contribution in [2.24, 2.45) is 7.05 Å². The van der Waals surface area contributed by atoms with Crippen LogP contribution in [0.1, 0.15) is 11.4 Å². The van der Waals surface area contributed by atoms with E-state index < -0.39 is 0 Å². The standard InChI is InChI=1S/C6H10N2/c1-4-6-5(2)8(3)7-6/h4,7H,1H2,2-3H3. The SMILES string of the molecule is C=Cc1[nH]n(C)c1C. The minimum atomic E-state index is 1.13. The molecule has 0 aliphatic heterocycles. The molecule has 0 aromatic carbocycles. The minimum absolute atomic E-state index is 1.13. The van der Waals surface area contributed by atoms with Crippen LogP contribution in [-0.4, -0.2) is 9.78 Å². The largest absolute Gasteiger partial charge is 0.297 e. The number of H-pyrrole nitrogens is 1. The zero-order valence-corrected chi connectivity index (χ0v) is 5.23. The summed E-state index contributed by atoms with van der Waals surface area (Å²) < 4.78 is 1.96. The monoisotopic (exact) mass is 110 g/mol. The van der Waals surface area contributed by atoms with E-state index in [1.807, 2.05) is 24.7 Å². The smallest absolute Gasteiger partial charge is 0.0743 e. The Labute approximate surface area is 48.8 Å². The molecule has 0 saturated carbocycles. The lowest BCUT2D eigenvalue weighted by atomic mass is 10.3. The van der Waals surface area contributed by atoms with Crippen molar-refractivity contribution in [1.82, 2.24) is 9.78 Å². The second-order valence-electron chi connectivity index (χ2n) is 1.87. The summed E-state index contributed by atoms with van der Waals surface area (Å²) in [5.74, 6) is 0. The normalized spacial score (nSPS) is 9.75. The molecule has 0 unspecified atom stereocenters. The van der Waals surface area contributed by atoms with Gasteiger partial charge in [-0.05, 0) is 13.0 Å². The Morgan fingerprint density at radius 1 is 1.75 bits per heavy atom. The molecule has 0 fully saturated rings. The van der Waals surface area contributed by atoms with E-state index in [-0.39, 0.29) is 0 Å². The van der Waals surface area contributed by atoms with Crippen LogP contribution >= 0.6 is 0 Å². The predicted molar refractivity (Wildman–Crippen MR) is 34.6 cm³/mol. The first-order valence-corrected chi connectivity index (χ1v) is 2.59. The molecule has 1 aromatic rings. The lowest BCUT2D eigenvalue weighted by Gasteiger charge is -2.13. The van der Waals surface area contributed by atoms with E-state index in [9.17, 15) is 0 Å². The fourth-order valence-corrected chi connectivity index (χ4v) is 0.667. The summed E-state index contributed by atoms with van der Waals surface area (Å²) in [7, 11) is 1.97. The first-order chi connectivity index (χ1) is 3.75. The van der Waals surface area contributed by atoms with E-state index in [1.54, 1.807) is 0 Å². The number of hydrogen-bond donors (Lipinski definition) is 1. The zero-order chi connectivity index (χ0) is 6.15. The van der Waals surface area contributed by atoms with Crippen molar-refractivity contribution in [1.29, 1.82) is 0 Å². The number of rotatable bonds is 1. The highest BCUT2D eigenvalue weighted by Gasteiger charge is 1.98. The lowest BCUT2D eigenvalue weighted by Crippen LogP contribution is -2.11. The number of nitrogens with one attached hydrogen (secondary N) is 1. The van der Waals surface area contributed by atoms with Crippen molar-refractivity contribution < 1.29 is 0 Å². The van der Waals surface area contributed by atoms with Gasteiger partial charge in [0.05, 0.1) is 11.4 Å². The molecule has 0 bridgehead atoms. The number of aryl methyl sites for hydroxylation is 1. The second kappa shape index (κ2) is 1.54. The molecule has 0 saturated heterocycles. The summed E-state index contributed by atoms with van der Waals surface area (Å²) in [5.41, 5.74) is 2.38. The lowest BCUT2D eigenvalue weighted by molar-refractivity contribution is 0.646. The van der Waals surface area contributed by atoms with Gasteiger partial charge in [0.1, 0.15) is 0 Å². The van der Waals surface area contributed by atoms with Gasteiger partial charge in [0, 0.05) is 7.05 Å². The van der Waals surface area contributed by atoms with Gasteiger partial charge in [-0.1, -0.05) is 6.58 Å². The van der Waals surface area contributed by atoms with Crippen LogP contribution in [0.3, 0.4) is 0 Å². The molecule has 1 rings (SSSR count). The van der Waals surface area contributed by atoms with Crippen LogP contribution in [-0.2, 0) is 7.05 Å². The summed E-state index contributed by atoms with van der Waals surface area (Å²) >= 11 is 0. The van der Waals surface area contributed by atoms with E-state index in [4.69, 9.17) is 0 Å². The molecule has 2 nitrogen and oxygen atoms in total. The molecular weight excluding hydrogens is 100 g/mol. The molecular formula is C6H10N2. The summed E-state index contributed by atoms with van der Waals surface area (Å²) in [6.45, 7) is 5.67. The molecule has 1 heterocycles. The van der Waals surface area contributed by atoms with E-state index in [0.717, 1.165) is 5.69 Å². The van der Waals surface area contributed by atoms with Crippen molar-refractivity contribution in [2.45, 2.75) is 6.92 Å². The van der Waals surface area contributed by atoms with Gasteiger partial charge < -0.3 is 0 Å². The first-order valence-electron chi connectivity index (χ1n) is 2.59. The molecule has 2 heteroatoms. The summed E-state index contributed by atoms with van der Waals surface area (Å²) in [5, 5.41) is 3.04. The fourth-order valence-electron chi connectivity index (χ4n) is 0.667. The number of aromatic nitrogens is 2. The van der Waals surface area contributed by atoms with Gasteiger partial charge in [-0.25, -0.2) is 0 Å². The number of hydrogen-bond acceptors (Lipinski definition) is 0. The second-order valence-corrected chi connectivity index (χ2v) is 1.87. The molecule has 0 atom stereocenters. The Kier molecular flexibility index (Phi) is 1.01. The van der Waals surface area contributed by atoms with E-state index in [0.29, 0.717) is 0 Å². The van der Waals surface area contributed by atoms with Crippen LogP contribution in [0.15, 0.2) is 6.58 Å². The maximum absolute atomic E-state index is 3.62. The highest BCUT2D eigenvalue weighted by molar-refractivity contribution is 5.44. The quantitative estimate of drug-likeness (QED) is 0.562. The maximum atomic E-state index is 3.62. The Morgan fingerprint density at radius 3 is 2.50 bits per heavy atom. The van der Waals surface area contributed by atoms with Gasteiger partial charge in [0.15, 0.2) is 0 Å². The molecule has 0 spiro atoms. The Hall–Kier alpha value is -0.920. The van der Waals surface area contributed by atoms with Gasteiger partial charge in [-0.15, -0.1) is 0 Å². The minimum Gasteiger partial charge on any atom is -0.297 e. The molecule has 0 radical (unpaired) electrons. The van der Waals surface area contributed by atoms with Gasteiger partial charge in [-0.3, -0.25) is 9.78 Å². The molecule has 1 N–H and O–H groups in total. The third-order valence-electron chi connectivity index (χ3n) is 1.39. The van der Waals surface area contributed by atoms with Crippen LogP contribution in [0.25, 0.3) is 6.08 Å². The average Bonchev–Trinajstić information content (AvgIpc) is 1.81. The van der Waals surface area contributed by atoms with Crippen LogP contribution < -0.4 is 0 Å². The molecule has 1 aromatic heterocycles. The Morgan fingerprint density at radius 2 is 2.38 bits per heavy atom. The van der Waals surface area contributed by atoms with Crippen molar-refractivity contribution in [3.8, 4) is 0 Å². The van der Waals surface area contributed by atoms with Gasteiger partial charge in [0.25, 0.3) is 0 Å². The predicted octanol–water partition coefficient (Wildman–Crippen LogP) is 1.30. The maximum Gasteiger partial charge on any atom is 0.0743 e. The third-order valence-corrected chi connectivity index (χ3v) is 1.39. The topological polar surface area (TPSA) is 20.7 Å². The van der Waals surface area contributed by atoms with E-state index in [2.05, 4.69) is 11.7 Å². The van der Waals surface area contributed by atoms with Crippen molar-refractivity contribution in [3.05, 3.63) is 18.0 Å². The molecule has 44 valence electrons. The Bertz CT molecular complexity index is 193. The zero-order valence-electron chi connectivity index (χ0n) is 5.23. The number of nitrogens with zero attached hydrogens (tertiary/aromatic N) is 1. The first kappa shape index (κ1) is 5.22. The molecule has 0 amide bonds. The highest BCUT2D eigenvalue weighted by atomic mass is 15.3. The molecule has 8 heavy (non-hydrogen) atoms. The van der Waals surface area contributed by atoms with Crippen molar-refractivity contribution >= 4 is 6.08 Å². The summed E-state index contributed by atoms with van der Waals surface area (Å²) in [6.07, 6.45) is 1.81. The average molecular weight is 110 g/mol. The van der Waals surface area contributed by atoms with Crippen LogP contribution in [0, 0.1) is 6.92 Å².